The van der Waals surface area contributed by atoms with E-state index in [4.69, 9.17) is 14.5 Å². The van der Waals surface area contributed by atoms with Crippen molar-refractivity contribution in [1.29, 1.82) is 0 Å². The van der Waals surface area contributed by atoms with Crippen molar-refractivity contribution in [2.45, 2.75) is 32.7 Å². The zero-order chi connectivity index (χ0) is 22.1. The molecule has 3 aromatic rings. The highest BCUT2D eigenvalue weighted by molar-refractivity contribution is 5.80. The molecule has 0 saturated carbocycles. The molecule has 1 N–H and O–H groups in total. The van der Waals surface area contributed by atoms with E-state index in [1.165, 1.54) is 0 Å². The Kier molecular flexibility index (Phi) is 5.38. The van der Waals surface area contributed by atoms with Crippen LogP contribution in [-0.4, -0.2) is 45.3 Å². The molecule has 4 heterocycles. The number of ether oxygens (including phenoxy) is 2. The third-order valence-electron chi connectivity index (χ3n) is 5.94. The Morgan fingerprint density at radius 3 is 2.94 bits per heavy atom. The van der Waals surface area contributed by atoms with Crippen LogP contribution in [0.15, 0.2) is 43.0 Å². The highest BCUT2D eigenvalue weighted by Crippen LogP contribution is 2.34. The molecule has 9 nitrogen and oxygen atoms in total. The molecule has 2 aliphatic rings. The minimum Gasteiger partial charge on any atom is -0.454 e. The number of piperidine rings is 1. The number of nitrogens with zero attached hydrogens (tertiary/aromatic N) is 5. The van der Waals surface area contributed by atoms with E-state index < -0.39 is 0 Å². The summed E-state index contributed by atoms with van der Waals surface area (Å²) in [6.45, 7) is 5.66. The van der Waals surface area contributed by atoms with Crippen molar-refractivity contribution < 1.29 is 14.3 Å². The maximum absolute atomic E-state index is 13.1. The number of carbonyl (C=O) groups excluding carboxylic acids is 1. The number of hydrogen-bond acceptors (Lipinski definition) is 7. The summed E-state index contributed by atoms with van der Waals surface area (Å²) in [5.41, 5.74) is 1.87. The van der Waals surface area contributed by atoms with Gasteiger partial charge in [0.1, 0.15) is 12.1 Å². The molecule has 0 aliphatic carbocycles. The van der Waals surface area contributed by atoms with E-state index in [-0.39, 0.29) is 24.7 Å². The van der Waals surface area contributed by atoms with Gasteiger partial charge in [0.2, 0.25) is 18.6 Å². The smallest absolute Gasteiger partial charge is 0.237 e. The molecule has 5 rings (SSSR count). The SMILES string of the molecule is Cc1cc(N2CCCC(C(=O)NC(C)c3ccc4c(c3)OCO4)C2)nc(-n2ccnc2)n1. The Balaban J connectivity index is 1.27. The van der Waals surface area contributed by atoms with Crippen LogP contribution >= 0.6 is 0 Å². The molecule has 1 aromatic carbocycles. The van der Waals surface area contributed by atoms with E-state index in [0.29, 0.717) is 12.5 Å². The van der Waals surface area contributed by atoms with Crippen LogP contribution in [0.3, 0.4) is 0 Å². The Labute approximate surface area is 186 Å². The molecule has 166 valence electrons. The average Bonchev–Trinajstić information content (AvgIpc) is 3.50. The molecule has 2 unspecified atom stereocenters. The normalized spacial score (nSPS) is 18.4. The van der Waals surface area contributed by atoms with Gasteiger partial charge in [0.25, 0.3) is 0 Å². The van der Waals surface area contributed by atoms with Crippen LogP contribution < -0.4 is 19.7 Å². The number of benzene rings is 1. The summed E-state index contributed by atoms with van der Waals surface area (Å²) < 4.78 is 12.6. The summed E-state index contributed by atoms with van der Waals surface area (Å²) in [6, 6.07) is 7.63. The Morgan fingerprint density at radius 1 is 1.22 bits per heavy atom. The van der Waals surface area contributed by atoms with Gasteiger partial charge in [0, 0.05) is 37.2 Å². The summed E-state index contributed by atoms with van der Waals surface area (Å²) >= 11 is 0. The lowest BCUT2D eigenvalue weighted by atomic mass is 9.96. The first kappa shape index (κ1) is 20.3. The van der Waals surface area contributed by atoms with Crippen LogP contribution in [-0.2, 0) is 4.79 Å². The summed E-state index contributed by atoms with van der Waals surface area (Å²) in [4.78, 5) is 28.6. The Morgan fingerprint density at radius 2 is 2.09 bits per heavy atom. The number of carbonyl (C=O) groups is 1. The monoisotopic (exact) mass is 434 g/mol. The predicted molar refractivity (Wildman–Crippen MR) is 118 cm³/mol. The number of aromatic nitrogens is 4. The maximum atomic E-state index is 13.1. The van der Waals surface area contributed by atoms with Gasteiger partial charge in [0.15, 0.2) is 11.5 Å². The van der Waals surface area contributed by atoms with Crippen molar-refractivity contribution in [1.82, 2.24) is 24.8 Å². The first-order chi connectivity index (χ1) is 15.6. The summed E-state index contributed by atoms with van der Waals surface area (Å²) in [7, 11) is 0. The van der Waals surface area contributed by atoms with Crippen LogP contribution in [0.2, 0.25) is 0 Å². The van der Waals surface area contributed by atoms with E-state index in [2.05, 4.69) is 20.2 Å². The molecule has 1 fully saturated rings. The topological polar surface area (TPSA) is 94.4 Å². The third kappa shape index (κ3) is 4.10. The van der Waals surface area contributed by atoms with Crippen molar-refractivity contribution in [3.8, 4) is 17.4 Å². The van der Waals surface area contributed by atoms with E-state index in [0.717, 1.165) is 48.0 Å². The lowest BCUT2D eigenvalue weighted by molar-refractivity contribution is -0.125. The molecular weight excluding hydrogens is 408 g/mol. The number of hydrogen-bond donors (Lipinski definition) is 1. The van der Waals surface area contributed by atoms with Gasteiger partial charge in [-0.25, -0.2) is 9.97 Å². The van der Waals surface area contributed by atoms with Gasteiger partial charge in [-0.1, -0.05) is 6.07 Å². The second-order valence-electron chi connectivity index (χ2n) is 8.27. The van der Waals surface area contributed by atoms with Crippen LogP contribution in [0.1, 0.15) is 37.1 Å². The fraction of sp³-hybridized carbons (Fsp3) is 0.391. The number of anilines is 1. The fourth-order valence-corrected chi connectivity index (χ4v) is 4.19. The van der Waals surface area contributed by atoms with Crippen LogP contribution in [0, 0.1) is 12.8 Å². The van der Waals surface area contributed by atoms with Crippen LogP contribution in [0.4, 0.5) is 5.82 Å². The molecule has 0 radical (unpaired) electrons. The fourth-order valence-electron chi connectivity index (χ4n) is 4.19. The summed E-state index contributed by atoms with van der Waals surface area (Å²) in [5, 5.41) is 3.17. The minimum atomic E-state index is -0.124. The van der Waals surface area contributed by atoms with Crippen molar-refractivity contribution in [2.24, 2.45) is 5.92 Å². The van der Waals surface area contributed by atoms with E-state index in [1.54, 1.807) is 17.1 Å². The van der Waals surface area contributed by atoms with Crippen molar-refractivity contribution in [2.75, 3.05) is 24.8 Å². The van der Waals surface area contributed by atoms with Gasteiger partial charge in [-0.3, -0.25) is 9.36 Å². The number of nitrogens with one attached hydrogen (secondary N) is 1. The van der Waals surface area contributed by atoms with Gasteiger partial charge in [0.05, 0.1) is 12.0 Å². The molecule has 2 aliphatic heterocycles. The van der Waals surface area contributed by atoms with Crippen LogP contribution in [0.25, 0.3) is 5.95 Å². The highest BCUT2D eigenvalue weighted by atomic mass is 16.7. The number of rotatable bonds is 5. The van der Waals surface area contributed by atoms with Crippen molar-refractivity contribution >= 4 is 11.7 Å². The number of imidazole rings is 1. The molecular formula is C23H26N6O3. The average molecular weight is 435 g/mol. The van der Waals surface area contributed by atoms with Crippen molar-refractivity contribution in [3.05, 3.63) is 54.2 Å². The first-order valence-electron chi connectivity index (χ1n) is 10.9. The van der Waals surface area contributed by atoms with Gasteiger partial charge in [-0.05, 0) is 44.4 Å². The molecule has 32 heavy (non-hydrogen) atoms. The zero-order valence-corrected chi connectivity index (χ0v) is 18.2. The maximum Gasteiger partial charge on any atom is 0.237 e. The molecule has 0 bridgehead atoms. The van der Waals surface area contributed by atoms with E-state index in [1.807, 2.05) is 44.3 Å². The summed E-state index contributed by atoms with van der Waals surface area (Å²) in [6.07, 6.45) is 6.99. The predicted octanol–water partition coefficient (Wildman–Crippen LogP) is 2.79. The zero-order valence-electron chi connectivity index (χ0n) is 18.2. The van der Waals surface area contributed by atoms with Gasteiger partial charge in [-0.2, -0.15) is 4.98 Å². The van der Waals surface area contributed by atoms with Gasteiger partial charge in [-0.15, -0.1) is 0 Å². The number of amides is 1. The Hall–Kier alpha value is -3.62. The van der Waals surface area contributed by atoms with E-state index >= 15 is 0 Å². The molecule has 1 saturated heterocycles. The largest absolute Gasteiger partial charge is 0.454 e. The highest BCUT2D eigenvalue weighted by Gasteiger charge is 2.28. The quantitative estimate of drug-likeness (QED) is 0.660. The molecule has 0 spiro atoms. The second kappa shape index (κ2) is 8.49. The Bertz CT molecular complexity index is 1120. The lowest BCUT2D eigenvalue weighted by Gasteiger charge is -2.33. The van der Waals surface area contributed by atoms with E-state index in [9.17, 15) is 4.79 Å². The molecule has 9 heteroatoms. The van der Waals surface area contributed by atoms with Crippen molar-refractivity contribution in [3.63, 3.8) is 0 Å². The number of aryl methyl sites for hydroxylation is 1. The standard InChI is InChI=1S/C23H26N6O3/c1-15-10-21(27-23(25-15)29-9-7-24-13-29)28-8-3-4-18(12-28)22(30)26-16(2)17-5-6-19-20(11-17)32-14-31-19/h5-7,9-11,13,16,18H,3-4,8,12,14H2,1-2H3,(H,26,30). The molecule has 2 aromatic heterocycles. The minimum absolute atomic E-state index is 0.0560. The first-order valence-corrected chi connectivity index (χ1v) is 10.9. The van der Waals surface area contributed by atoms with Crippen LogP contribution in [0.5, 0.6) is 11.5 Å². The second-order valence-corrected chi connectivity index (χ2v) is 8.27. The third-order valence-corrected chi connectivity index (χ3v) is 5.94. The molecule has 1 amide bonds. The molecule has 2 atom stereocenters. The van der Waals surface area contributed by atoms with Gasteiger partial charge >= 0.3 is 0 Å². The van der Waals surface area contributed by atoms with Gasteiger partial charge < -0.3 is 19.7 Å². The summed E-state index contributed by atoms with van der Waals surface area (Å²) in [5.74, 6) is 2.83. The lowest BCUT2D eigenvalue weighted by Crippen LogP contribution is -2.44. The number of fused-ring (bicyclic) bond motifs is 1.